The first-order chi connectivity index (χ1) is 11.5. The Balaban J connectivity index is 1.83. The number of amides is 1. The van der Waals surface area contributed by atoms with Crippen LogP contribution >= 0.6 is 15.9 Å². The van der Waals surface area contributed by atoms with Crippen molar-refractivity contribution in [3.63, 3.8) is 0 Å². The Labute approximate surface area is 150 Å². The first-order valence-electron chi connectivity index (χ1n) is 7.88. The molecule has 0 heterocycles. The summed E-state index contributed by atoms with van der Waals surface area (Å²) >= 11 is 3.34. The SMILES string of the molecule is O=C(Nc1cccc(S(=O)(=O)C2CCCC2)c1)c1ccccc1Br. The van der Waals surface area contributed by atoms with Crippen LogP contribution in [-0.4, -0.2) is 19.6 Å². The number of sulfone groups is 1. The number of hydrogen-bond donors (Lipinski definition) is 1. The smallest absolute Gasteiger partial charge is 0.256 e. The molecule has 1 saturated carbocycles. The van der Waals surface area contributed by atoms with Crippen molar-refractivity contribution >= 4 is 37.4 Å². The Morgan fingerprint density at radius 2 is 1.75 bits per heavy atom. The van der Waals surface area contributed by atoms with Crippen LogP contribution in [0.4, 0.5) is 5.69 Å². The first-order valence-corrected chi connectivity index (χ1v) is 10.2. The zero-order valence-electron chi connectivity index (χ0n) is 13.0. The van der Waals surface area contributed by atoms with Gasteiger partial charge in [-0.2, -0.15) is 0 Å². The van der Waals surface area contributed by atoms with Crippen molar-refractivity contribution in [3.05, 3.63) is 58.6 Å². The van der Waals surface area contributed by atoms with Crippen molar-refractivity contribution in [2.24, 2.45) is 0 Å². The fraction of sp³-hybridized carbons (Fsp3) is 0.278. The molecule has 3 rings (SSSR count). The fourth-order valence-corrected chi connectivity index (χ4v) is 5.35. The molecule has 2 aromatic carbocycles. The average molecular weight is 408 g/mol. The largest absolute Gasteiger partial charge is 0.322 e. The minimum absolute atomic E-state index is 0.277. The highest BCUT2D eigenvalue weighted by molar-refractivity contribution is 9.10. The van der Waals surface area contributed by atoms with E-state index in [-0.39, 0.29) is 16.1 Å². The van der Waals surface area contributed by atoms with Crippen LogP contribution in [0.15, 0.2) is 57.9 Å². The van der Waals surface area contributed by atoms with Gasteiger partial charge in [-0.25, -0.2) is 8.42 Å². The highest BCUT2D eigenvalue weighted by atomic mass is 79.9. The Hall–Kier alpha value is -1.66. The maximum atomic E-state index is 12.7. The number of hydrogen-bond acceptors (Lipinski definition) is 3. The molecule has 0 saturated heterocycles. The summed E-state index contributed by atoms with van der Waals surface area (Å²) in [5.41, 5.74) is 0.983. The first kappa shape index (κ1) is 17.2. The standard InChI is InChI=1S/C18H18BrNO3S/c19-17-11-4-3-10-16(17)18(21)20-13-6-5-9-15(12-13)24(22,23)14-7-1-2-8-14/h3-6,9-12,14H,1-2,7-8H2,(H,20,21). The molecule has 24 heavy (non-hydrogen) atoms. The van der Waals surface area contributed by atoms with Gasteiger partial charge in [0, 0.05) is 10.2 Å². The van der Waals surface area contributed by atoms with E-state index in [0.717, 1.165) is 25.7 Å². The second kappa shape index (κ2) is 7.07. The predicted molar refractivity (Wildman–Crippen MR) is 98.0 cm³/mol. The summed E-state index contributed by atoms with van der Waals surface area (Å²) in [5.74, 6) is -0.280. The fourth-order valence-electron chi connectivity index (χ4n) is 2.99. The Bertz CT molecular complexity index is 858. The lowest BCUT2D eigenvalue weighted by Crippen LogP contribution is -2.18. The lowest BCUT2D eigenvalue weighted by Gasteiger charge is -2.13. The van der Waals surface area contributed by atoms with E-state index < -0.39 is 9.84 Å². The van der Waals surface area contributed by atoms with Crippen molar-refractivity contribution in [3.8, 4) is 0 Å². The van der Waals surface area contributed by atoms with E-state index in [1.165, 1.54) is 0 Å². The number of carbonyl (C=O) groups is 1. The maximum Gasteiger partial charge on any atom is 0.256 e. The molecule has 0 spiro atoms. The molecule has 4 nitrogen and oxygen atoms in total. The van der Waals surface area contributed by atoms with Gasteiger partial charge in [-0.05, 0) is 59.1 Å². The highest BCUT2D eigenvalue weighted by Gasteiger charge is 2.30. The molecule has 0 atom stereocenters. The molecule has 126 valence electrons. The van der Waals surface area contributed by atoms with Crippen LogP contribution in [0.1, 0.15) is 36.0 Å². The zero-order chi connectivity index (χ0) is 17.2. The molecular weight excluding hydrogens is 390 g/mol. The summed E-state index contributed by atoms with van der Waals surface area (Å²) in [4.78, 5) is 12.6. The van der Waals surface area contributed by atoms with Crippen LogP contribution in [0.25, 0.3) is 0 Å². The van der Waals surface area contributed by atoms with E-state index in [0.29, 0.717) is 15.7 Å². The van der Waals surface area contributed by atoms with E-state index in [2.05, 4.69) is 21.2 Å². The van der Waals surface area contributed by atoms with Crippen LogP contribution in [0, 0.1) is 0 Å². The molecule has 0 radical (unpaired) electrons. The van der Waals surface area contributed by atoms with Crippen LogP contribution in [0.2, 0.25) is 0 Å². The minimum Gasteiger partial charge on any atom is -0.322 e. The van der Waals surface area contributed by atoms with E-state index in [1.54, 1.807) is 42.5 Å². The van der Waals surface area contributed by atoms with Crippen LogP contribution in [0.5, 0.6) is 0 Å². The van der Waals surface area contributed by atoms with Crippen molar-refractivity contribution in [2.45, 2.75) is 35.8 Å². The summed E-state index contributed by atoms with van der Waals surface area (Å²) in [7, 11) is -3.33. The Morgan fingerprint density at radius 1 is 1.04 bits per heavy atom. The van der Waals surface area contributed by atoms with Crippen LogP contribution < -0.4 is 5.32 Å². The van der Waals surface area contributed by atoms with Crippen molar-refractivity contribution < 1.29 is 13.2 Å². The summed E-state index contributed by atoms with van der Waals surface area (Å²) in [5, 5.41) is 2.47. The molecule has 1 fully saturated rings. The molecule has 0 aromatic heterocycles. The van der Waals surface area contributed by atoms with Crippen molar-refractivity contribution in [1.29, 1.82) is 0 Å². The van der Waals surface area contributed by atoms with Crippen molar-refractivity contribution in [1.82, 2.24) is 0 Å². The lowest BCUT2D eigenvalue weighted by atomic mass is 10.2. The number of nitrogens with one attached hydrogen (secondary N) is 1. The van der Waals surface area contributed by atoms with Crippen LogP contribution in [0.3, 0.4) is 0 Å². The number of halogens is 1. The number of benzene rings is 2. The third-order valence-electron chi connectivity index (χ3n) is 4.28. The van der Waals surface area contributed by atoms with Gasteiger partial charge >= 0.3 is 0 Å². The summed E-state index contributed by atoms with van der Waals surface area (Å²) in [6, 6.07) is 13.6. The molecule has 0 unspecified atom stereocenters. The van der Waals surface area contributed by atoms with Gasteiger partial charge in [-0.3, -0.25) is 4.79 Å². The van der Waals surface area contributed by atoms with E-state index >= 15 is 0 Å². The minimum atomic E-state index is -3.33. The maximum absolute atomic E-state index is 12.7. The topological polar surface area (TPSA) is 63.2 Å². The number of rotatable bonds is 4. The lowest BCUT2D eigenvalue weighted by molar-refractivity contribution is 0.102. The third-order valence-corrected chi connectivity index (χ3v) is 7.23. The van der Waals surface area contributed by atoms with Gasteiger partial charge in [0.25, 0.3) is 5.91 Å². The highest BCUT2D eigenvalue weighted by Crippen LogP contribution is 2.30. The van der Waals surface area contributed by atoms with E-state index in [4.69, 9.17) is 0 Å². The second-order valence-corrected chi connectivity index (χ2v) is 9.00. The molecule has 1 aliphatic carbocycles. The molecule has 2 aromatic rings. The quantitative estimate of drug-likeness (QED) is 0.815. The van der Waals surface area contributed by atoms with Gasteiger partial charge in [0.15, 0.2) is 9.84 Å². The molecule has 0 bridgehead atoms. The predicted octanol–water partition coefficient (Wildman–Crippen LogP) is 4.42. The Kier molecular flexibility index (Phi) is 5.06. The molecular formula is C18H18BrNO3S. The summed E-state index contributed by atoms with van der Waals surface area (Å²) < 4.78 is 26.0. The monoisotopic (exact) mass is 407 g/mol. The Morgan fingerprint density at radius 3 is 2.46 bits per heavy atom. The molecule has 0 aliphatic heterocycles. The zero-order valence-corrected chi connectivity index (χ0v) is 15.4. The van der Waals surface area contributed by atoms with E-state index in [9.17, 15) is 13.2 Å². The summed E-state index contributed by atoms with van der Waals surface area (Å²) in [6.07, 6.45) is 3.36. The van der Waals surface area contributed by atoms with E-state index in [1.807, 2.05) is 6.07 Å². The molecule has 1 amide bonds. The average Bonchev–Trinajstić information content (AvgIpc) is 3.11. The van der Waals surface area contributed by atoms with Gasteiger partial charge in [-0.15, -0.1) is 0 Å². The van der Waals surface area contributed by atoms with Gasteiger partial charge in [-0.1, -0.05) is 31.0 Å². The molecule has 1 N–H and O–H groups in total. The van der Waals surface area contributed by atoms with Gasteiger partial charge in [0.2, 0.25) is 0 Å². The number of anilines is 1. The molecule has 6 heteroatoms. The van der Waals surface area contributed by atoms with Gasteiger partial charge in [0.1, 0.15) is 0 Å². The van der Waals surface area contributed by atoms with Gasteiger partial charge < -0.3 is 5.32 Å². The summed E-state index contributed by atoms with van der Waals surface area (Å²) in [6.45, 7) is 0. The number of carbonyl (C=O) groups excluding carboxylic acids is 1. The third kappa shape index (κ3) is 3.54. The second-order valence-electron chi connectivity index (χ2n) is 5.91. The van der Waals surface area contributed by atoms with Gasteiger partial charge in [0.05, 0.1) is 15.7 Å². The molecule has 1 aliphatic rings. The van der Waals surface area contributed by atoms with Crippen molar-refractivity contribution in [2.75, 3.05) is 5.32 Å². The van der Waals surface area contributed by atoms with Crippen LogP contribution in [-0.2, 0) is 9.84 Å². The normalized spacial score (nSPS) is 15.4.